The van der Waals surface area contributed by atoms with Gasteiger partial charge < -0.3 is 9.64 Å². The Bertz CT molecular complexity index is 1040. The second-order valence-corrected chi connectivity index (χ2v) is 8.40. The molecule has 0 aromatic heterocycles. The van der Waals surface area contributed by atoms with Gasteiger partial charge in [0.15, 0.2) is 0 Å². The molecule has 0 N–H and O–H groups in total. The molecule has 2 aliphatic rings. The third-order valence-electron chi connectivity index (χ3n) is 5.71. The number of piperidine rings is 1. The van der Waals surface area contributed by atoms with Crippen LogP contribution in [0.4, 0.5) is 5.69 Å². The predicted octanol–water partition coefficient (Wildman–Crippen LogP) is 5.02. The quantitative estimate of drug-likeness (QED) is 0.621. The number of rotatable bonds is 4. The van der Waals surface area contributed by atoms with Gasteiger partial charge in [0.05, 0.1) is 28.4 Å². The number of amides is 2. The van der Waals surface area contributed by atoms with E-state index in [0.717, 1.165) is 17.7 Å². The predicted molar refractivity (Wildman–Crippen MR) is 119 cm³/mol. The molecular formula is C23H22Cl2N2O3. The lowest BCUT2D eigenvalue weighted by Crippen LogP contribution is -2.38. The Balaban J connectivity index is 1.88. The van der Waals surface area contributed by atoms with Gasteiger partial charge in [0.2, 0.25) is 0 Å². The first kappa shape index (κ1) is 20.8. The summed E-state index contributed by atoms with van der Waals surface area (Å²) < 4.78 is 5.50. The smallest absolute Gasteiger partial charge is 0.282 e. The molecule has 0 aliphatic carbocycles. The van der Waals surface area contributed by atoms with E-state index in [1.165, 1.54) is 0 Å². The summed E-state index contributed by atoms with van der Waals surface area (Å²) in [5.74, 6) is 0.305. The minimum atomic E-state index is -0.428. The van der Waals surface area contributed by atoms with Gasteiger partial charge in [0.25, 0.3) is 11.8 Å². The summed E-state index contributed by atoms with van der Waals surface area (Å²) in [6, 6.07) is 12.2. The second kappa shape index (κ2) is 8.32. The summed E-state index contributed by atoms with van der Waals surface area (Å²) in [6.07, 6.45) is 1.92. The van der Waals surface area contributed by atoms with Crippen LogP contribution in [0.1, 0.15) is 25.3 Å². The number of ether oxygens (including phenoxy) is 1. The van der Waals surface area contributed by atoms with Crippen molar-refractivity contribution in [2.45, 2.75) is 19.8 Å². The fourth-order valence-electron chi connectivity index (χ4n) is 4.02. The third kappa shape index (κ3) is 3.46. The van der Waals surface area contributed by atoms with Crippen LogP contribution in [-0.2, 0) is 9.59 Å². The molecule has 0 unspecified atom stereocenters. The fourth-order valence-corrected chi connectivity index (χ4v) is 4.40. The number of para-hydroxylation sites is 1. The summed E-state index contributed by atoms with van der Waals surface area (Å²) >= 11 is 12.5. The summed E-state index contributed by atoms with van der Waals surface area (Å²) in [6.45, 7) is 3.63. The van der Waals surface area contributed by atoms with Gasteiger partial charge in [0, 0.05) is 18.7 Å². The van der Waals surface area contributed by atoms with Crippen LogP contribution in [0, 0.1) is 5.92 Å². The van der Waals surface area contributed by atoms with E-state index < -0.39 is 5.91 Å². The normalized spacial score (nSPS) is 17.9. The molecule has 2 aliphatic heterocycles. The molecule has 156 valence electrons. The Labute approximate surface area is 185 Å². The standard InChI is InChI=1S/C23H22Cl2N2O3/c1-14-10-12-26(13-11-14)21-19(15-6-3-4-9-18(15)30-2)22(28)27(23(21)29)17-8-5-7-16(24)20(17)25/h3-9,14H,10-13H2,1-2H3. The van der Waals surface area contributed by atoms with E-state index in [2.05, 4.69) is 6.92 Å². The number of nitrogens with zero attached hydrogens (tertiary/aromatic N) is 2. The number of benzene rings is 2. The van der Waals surface area contributed by atoms with Crippen molar-refractivity contribution in [3.05, 3.63) is 63.8 Å². The maximum atomic E-state index is 13.6. The van der Waals surface area contributed by atoms with Crippen molar-refractivity contribution in [2.24, 2.45) is 5.92 Å². The van der Waals surface area contributed by atoms with Gasteiger partial charge in [-0.05, 0) is 37.0 Å². The fraction of sp³-hybridized carbons (Fsp3) is 0.304. The molecule has 7 heteroatoms. The lowest BCUT2D eigenvalue weighted by Gasteiger charge is -2.32. The molecule has 2 aromatic carbocycles. The van der Waals surface area contributed by atoms with Gasteiger partial charge in [0.1, 0.15) is 11.4 Å². The van der Waals surface area contributed by atoms with Crippen molar-refractivity contribution in [3.63, 3.8) is 0 Å². The van der Waals surface area contributed by atoms with Gasteiger partial charge in [-0.2, -0.15) is 0 Å². The van der Waals surface area contributed by atoms with Crippen molar-refractivity contribution in [1.29, 1.82) is 0 Å². The number of anilines is 1. The molecule has 30 heavy (non-hydrogen) atoms. The van der Waals surface area contributed by atoms with E-state index in [9.17, 15) is 9.59 Å². The first-order valence-corrected chi connectivity index (χ1v) is 10.6. The number of halogens is 2. The molecule has 0 spiro atoms. The Morgan fingerprint density at radius 1 is 0.967 bits per heavy atom. The number of likely N-dealkylation sites (tertiary alicyclic amines) is 1. The zero-order chi connectivity index (χ0) is 21.4. The molecule has 0 radical (unpaired) electrons. The van der Waals surface area contributed by atoms with Crippen LogP contribution < -0.4 is 9.64 Å². The van der Waals surface area contributed by atoms with Crippen molar-refractivity contribution >= 4 is 46.3 Å². The van der Waals surface area contributed by atoms with Crippen LogP contribution in [0.3, 0.4) is 0 Å². The average molecular weight is 445 g/mol. The van der Waals surface area contributed by atoms with Crippen molar-refractivity contribution in [3.8, 4) is 5.75 Å². The molecule has 2 aromatic rings. The highest BCUT2D eigenvalue weighted by Crippen LogP contribution is 2.42. The van der Waals surface area contributed by atoms with Crippen LogP contribution >= 0.6 is 23.2 Å². The number of hydrogen-bond acceptors (Lipinski definition) is 4. The molecule has 5 nitrogen and oxygen atoms in total. The van der Waals surface area contributed by atoms with E-state index in [-0.39, 0.29) is 21.6 Å². The van der Waals surface area contributed by atoms with Crippen LogP contribution in [0.2, 0.25) is 10.0 Å². The van der Waals surface area contributed by atoms with Crippen LogP contribution in [0.25, 0.3) is 5.57 Å². The molecule has 1 fully saturated rings. The summed E-state index contributed by atoms with van der Waals surface area (Å²) in [5, 5.41) is 0.461. The van der Waals surface area contributed by atoms with E-state index in [4.69, 9.17) is 27.9 Å². The Hall–Kier alpha value is -2.50. The molecule has 0 bridgehead atoms. The molecule has 2 amide bonds. The topological polar surface area (TPSA) is 49.9 Å². The van der Waals surface area contributed by atoms with Crippen LogP contribution in [0.15, 0.2) is 48.2 Å². The monoisotopic (exact) mass is 444 g/mol. The molecular weight excluding hydrogens is 423 g/mol. The van der Waals surface area contributed by atoms with Crippen molar-refractivity contribution in [2.75, 3.05) is 25.1 Å². The van der Waals surface area contributed by atoms with E-state index in [0.29, 0.717) is 41.6 Å². The zero-order valence-corrected chi connectivity index (χ0v) is 18.3. The highest BCUT2D eigenvalue weighted by atomic mass is 35.5. The SMILES string of the molecule is COc1ccccc1C1=C(N2CCC(C)CC2)C(=O)N(c2cccc(Cl)c2Cl)C1=O. The first-order chi connectivity index (χ1) is 14.4. The third-order valence-corrected chi connectivity index (χ3v) is 6.52. The van der Waals surface area contributed by atoms with E-state index in [1.807, 2.05) is 17.0 Å². The van der Waals surface area contributed by atoms with Gasteiger partial charge in [-0.25, -0.2) is 4.90 Å². The molecule has 2 heterocycles. The summed E-state index contributed by atoms with van der Waals surface area (Å²) in [5.41, 5.74) is 1.61. The average Bonchev–Trinajstić information content (AvgIpc) is 3.01. The van der Waals surface area contributed by atoms with E-state index in [1.54, 1.807) is 37.4 Å². The number of carbonyl (C=O) groups excluding carboxylic acids is 2. The lowest BCUT2D eigenvalue weighted by molar-refractivity contribution is -0.120. The Morgan fingerprint density at radius 2 is 1.67 bits per heavy atom. The molecule has 4 rings (SSSR count). The van der Waals surface area contributed by atoms with Crippen molar-refractivity contribution < 1.29 is 14.3 Å². The molecule has 1 saturated heterocycles. The number of hydrogen-bond donors (Lipinski definition) is 0. The zero-order valence-electron chi connectivity index (χ0n) is 16.8. The van der Waals surface area contributed by atoms with Gasteiger partial charge in [-0.3, -0.25) is 9.59 Å². The van der Waals surface area contributed by atoms with Crippen molar-refractivity contribution in [1.82, 2.24) is 4.90 Å². The lowest BCUT2D eigenvalue weighted by atomic mass is 9.97. The maximum absolute atomic E-state index is 13.6. The minimum Gasteiger partial charge on any atom is -0.496 e. The highest BCUT2D eigenvalue weighted by molar-refractivity contribution is 6.49. The van der Waals surface area contributed by atoms with Gasteiger partial charge in [-0.1, -0.05) is 54.4 Å². The maximum Gasteiger partial charge on any atom is 0.282 e. The van der Waals surface area contributed by atoms with Crippen LogP contribution in [0.5, 0.6) is 5.75 Å². The summed E-state index contributed by atoms with van der Waals surface area (Å²) in [7, 11) is 1.55. The highest BCUT2D eigenvalue weighted by Gasteiger charge is 2.44. The molecule has 0 saturated carbocycles. The first-order valence-electron chi connectivity index (χ1n) is 9.89. The second-order valence-electron chi connectivity index (χ2n) is 7.61. The largest absolute Gasteiger partial charge is 0.496 e. The summed E-state index contributed by atoms with van der Waals surface area (Å²) in [4.78, 5) is 30.4. The Morgan fingerprint density at radius 3 is 2.37 bits per heavy atom. The van der Waals surface area contributed by atoms with Gasteiger partial charge in [-0.15, -0.1) is 0 Å². The Kier molecular flexibility index (Phi) is 5.76. The van der Waals surface area contributed by atoms with Crippen LogP contribution in [-0.4, -0.2) is 36.9 Å². The minimum absolute atomic E-state index is 0.175. The van der Waals surface area contributed by atoms with Gasteiger partial charge >= 0.3 is 0 Å². The molecule has 0 atom stereocenters. The van der Waals surface area contributed by atoms with E-state index >= 15 is 0 Å². The number of methoxy groups -OCH3 is 1. The number of carbonyl (C=O) groups is 2. The number of imide groups is 1.